The van der Waals surface area contributed by atoms with Gasteiger partial charge in [-0.15, -0.1) is 0 Å². The van der Waals surface area contributed by atoms with Gasteiger partial charge in [-0.2, -0.15) is 0 Å². The van der Waals surface area contributed by atoms with Gasteiger partial charge in [-0.3, -0.25) is 4.98 Å². The lowest BCUT2D eigenvalue weighted by Gasteiger charge is -2.14. The zero-order chi connectivity index (χ0) is 9.97. The summed E-state index contributed by atoms with van der Waals surface area (Å²) in [5, 5.41) is 0. The third-order valence-electron chi connectivity index (χ3n) is 3.48. The molecule has 0 spiro atoms. The van der Waals surface area contributed by atoms with Crippen molar-refractivity contribution in [2.24, 2.45) is 11.8 Å². The first-order valence-corrected chi connectivity index (χ1v) is 5.67. The topological polar surface area (TPSA) is 12.9 Å². The Kier molecular flexibility index (Phi) is 2.85. The van der Waals surface area contributed by atoms with E-state index >= 15 is 0 Å². The summed E-state index contributed by atoms with van der Waals surface area (Å²) in [6.07, 6.45) is 7.39. The Morgan fingerprint density at radius 2 is 2.21 bits per heavy atom. The van der Waals surface area contributed by atoms with E-state index in [9.17, 15) is 0 Å². The van der Waals surface area contributed by atoms with Crippen LogP contribution < -0.4 is 0 Å². The van der Waals surface area contributed by atoms with Crippen molar-refractivity contribution < 1.29 is 0 Å². The molecule has 1 aliphatic rings. The van der Waals surface area contributed by atoms with Crippen molar-refractivity contribution in [1.82, 2.24) is 4.98 Å². The molecule has 0 bridgehead atoms. The highest BCUT2D eigenvalue weighted by Gasteiger charge is 2.23. The molecule has 0 amide bonds. The summed E-state index contributed by atoms with van der Waals surface area (Å²) in [6.45, 7) is 4.47. The summed E-state index contributed by atoms with van der Waals surface area (Å²) < 4.78 is 0. The Morgan fingerprint density at radius 1 is 1.36 bits per heavy atom. The highest BCUT2D eigenvalue weighted by molar-refractivity contribution is 5.12. The van der Waals surface area contributed by atoms with Gasteiger partial charge in [-0.1, -0.05) is 25.8 Å². The van der Waals surface area contributed by atoms with Gasteiger partial charge in [0, 0.05) is 11.9 Å². The van der Waals surface area contributed by atoms with Gasteiger partial charge in [-0.05, 0) is 43.2 Å². The number of hydrogen-bond acceptors (Lipinski definition) is 1. The van der Waals surface area contributed by atoms with Crippen LogP contribution in [-0.4, -0.2) is 4.98 Å². The van der Waals surface area contributed by atoms with E-state index in [1.165, 1.54) is 36.9 Å². The predicted molar refractivity (Wildman–Crippen MR) is 59.2 cm³/mol. The van der Waals surface area contributed by atoms with E-state index in [1.807, 2.05) is 6.20 Å². The molecule has 2 rings (SSSR count). The molecule has 1 nitrogen and oxygen atoms in total. The molecule has 1 saturated carbocycles. The standard InChI is InChI=1S/C13H19N/c1-10-6-7-13(14-9-10)8-12-5-3-4-11(12)2/h6-7,9,11-12H,3-5,8H2,1-2H3. The molecule has 2 atom stereocenters. The summed E-state index contributed by atoms with van der Waals surface area (Å²) >= 11 is 0. The fourth-order valence-electron chi connectivity index (χ4n) is 2.41. The number of aryl methyl sites for hydroxylation is 1. The van der Waals surface area contributed by atoms with Crippen molar-refractivity contribution >= 4 is 0 Å². The third-order valence-corrected chi connectivity index (χ3v) is 3.48. The van der Waals surface area contributed by atoms with Crippen LogP contribution in [0.3, 0.4) is 0 Å². The second kappa shape index (κ2) is 4.12. The molecule has 0 aromatic carbocycles. The number of pyridine rings is 1. The Hall–Kier alpha value is -0.850. The molecule has 1 fully saturated rings. The second-order valence-electron chi connectivity index (χ2n) is 4.70. The zero-order valence-electron chi connectivity index (χ0n) is 9.16. The van der Waals surface area contributed by atoms with Crippen LogP contribution in [0, 0.1) is 18.8 Å². The fourth-order valence-corrected chi connectivity index (χ4v) is 2.41. The largest absolute Gasteiger partial charge is 0.261 e. The minimum Gasteiger partial charge on any atom is -0.261 e. The number of aromatic nitrogens is 1. The molecule has 1 heteroatoms. The van der Waals surface area contributed by atoms with Crippen molar-refractivity contribution in [1.29, 1.82) is 0 Å². The van der Waals surface area contributed by atoms with Gasteiger partial charge >= 0.3 is 0 Å². The van der Waals surface area contributed by atoms with Gasteiger partial charge in [0.15, 0.2) is 0 Å². The summed E-state index contributed by atoms with van der Waals surface area (Å²) in [5.74, 6) is 1.78. The first kappa shape index (κ1) is 9.70. The van der Waals surface area contributed by atoms with E-state index in [4.69, 9.17) is 0 Å². The van der Waals surface area contributed by atoms with E-state index < -0.39 is 0 Å². The summed E-state index contributed by atoms with van der Waals surface area (Å²) in [5.41, 5.74) is 2.53. The van der Waals surface area contributed by atoms with E-state index in [0.29, 0.717) is 0 Å². The molecule has 2 unspecified atom stereocenters. The molecular weight excluding hydrogens is 170 g/mol. The average molecular weight is 189 g/mol. The summed E-state index contributed by atoms with van der Waals surface area (Å²) in [6, 6.07) is 4.35. The molecule has 1 aliphatic carbocycles. The molecule has 1 aromatic rings. The van der Waals surface area contributed by atoms with Crippen LogP contribution in [0.25, 0.3) is 0 Å². The summed E-state index contributed by atoms with van der Waals surface area (Å²) in [4.78, 5) is 4.48. The molecule has 14 heavy (non-hydrogen) atoms. The van der Waals surface area contributed by atoms with Gasteiger partial charge in [0.1, 0.15) is 0 Å². The van der Waals surface area contributed by atoms with E-state index in [2.05, 4.69) is 31.0 Å². The van der Waals surface area contributed by atoms with E-state index in [0.717, 1.165) is 11.8 Å². The van der Waals surface area contributed by atoms with Crippen LogP contribution >= 0.6 is 0 Å². The lowest BCUT2D eigenvalue weighted by atomic mass is 9.93. The maximum absolute atomic E-state index is 4.48. The van der Waals surface area contributed by atoms with E-state index in [1.54, 1.807) is 0 Å². The minimum atomic E-state index is 0.880. The van der Waals surface area contributed by atoms with Crippen LogP contribution in [0.1, 0.15) is 37.4 Å². The van der Waals surface area contributed by atoms with Crippen molar-refractivity contribution in [2.45, 2.75) is 39.5 Å². The van der Waals surface area contributed by atoms with Gasteiger partial charge < -0.3 is 0 Å². The van der Waals surface area contributed by atoms with Gasteiger partial charge in [0.05, 0.1) is 0 Å². The Bertz CT molecular complexity index is 289. The van der Waals surface area contributed by atoms with Crippen molar-refractivity contribution in [3.05, 3.63) is 29.6 Å². The molecule has 76 valence electrons. The molecule has 1 heterocycles. The van der Waals surface area contributed by atoms with Crippen molar-refractivity contribution in [3.63, 3.8) is 0 Å². The maximum atomic E-state index is 4.48. The first-order chi connectivity index (χ1) is 6.75. The second-order valence-corrected chi connectivity index (χ2v) is 4.70. The Labute approximate surface area is 86.6 Å². The van der Waals surface area contributed by atoms with Gasteiger partial charge in [0.25, 0.3) is 0 Å². The fraction of sp³-hybridized carbons (Fsp3) is 0.615. The van der Waals surface area contributed by atoms with Gasteiger partial charge in [-0.25, -0.2) is 0 Å². The SMILES string of the molecule is Cc1ccc(CC2CCCC2C)nc1. The quantitative estimate of drug-likeness (QED) is 0.695. The lowest BCUT2D eigenvalue weighted by molar-refractivity contribution is 0.413. The number of nitrogens with zero attached hydrogens (tertiary/aromatic N) is 1. The van der Waals surface area contributed by atoms with Gasteiger partial charge in [0.2, 0.25) is 0 Å². The molecular formula is C13H19N. The summed E-state index contributed by atoms with van der Waals surface area (Å²) in [7, 11) is 0. The molecule has 0 saturated heterocycles. The Morgan fingerprint density at radius 3 is 2.79 bits per heavy atom. The maximum Gasteiger partial charge on any atom is 0.0406 e. The smallest absolute Gasteiger partial charge is 0.0406 e. The monoisotopic (exact) mass is 189 g/mol. The Balaban J connectivity index is 2.00. The van der Waals surface area contributed by atoms with Crippen LogP contribution in [0.4, 0.5) is 0 Å². The molecule has 1 aromatic heterocycles. The number of rotatable bonds is 2. The van der Waals surface area contributed by atoms with Crippen LogP contribution in [0.2, 0.25) is 0 Å². The van der Waals surface area contributed by atoms with Crippen molar-refractivity contribution in [2.75, 3.05) is 0 Å². The minimum absolute atomic E-state index is 0.880. The van der Waals surface area contributed by atoms with E-state index in [-0.39, 0.29) is 0 Å². The van der Waals surface area contributed by atoms with Crippen molar-refractivity contribution in [3.8, 4) is 0 Å². The average Bonchev–Trinajstić information content (AvgIpc) is 2.56. The normalized spacial score (nSPS) is 26.7. The number of hydrogen-bond donors (Lipinski definition) is 0. The zero-order valence-corrected chi connectivity index (χ0v) is 9.16. The highest BCUT2D eigenvalue weighted by Crippen LogP contribution is 2.33. The highest BCUT2D eigenvalue weighted by atomic mass is 14.7. The molecule has 0 radical (unpaired) electrons. The van der Waals surface area contributed by atoms with Crippen LogP contribution in [0.15, 0.2) is 18.3 Å². The molecule has 0 N–H and O–H groups in total. The lowest BCUT2D eigenvalue weighted by Crippen LogP contribution is -2.08. The molecule has 0 aliphatic heterocycles. The van der Waals surface area contributed by atoms with Crippen LogP contribution in [0.5, 0.6) is 0 Å². The predicted octanol–water partition coefficient (Wildman–Crippen LogP) is 3.37. The third kappa shape index (κ3) is 2.14. The van der Waals surface area contributed by atoms with Crippen LogP contribution in [-0.2, 0) is 6.42 Å². The first-order valence-electron chi connectivity index (χ1n) is 5.67.